The van der Waals surface area contributed by atoms with Gasteiger partial charge in [-0.25, -0.2) is 9.37 Å². The molecule has 0 aliphatic rings. The van der Waals surface area contributed by atoms with E-state index >= 15 is 0 Å². The highest BCUT2D eigenvalue weighted by atomic mass is 19.1. The van der Waals surface area contributed by atoms with E-state index in [4.69, 9.17) is 10.5 Å². The van der Waals surface area contributed by atoms with E-state index in [9.17, 15) is 8.78 Å². The Morgan fingerprint density at radius 1 is 1.24 bits per heavy atom. The number of aryl methyl sites for hydroxylation is 1. The number of rotatable bonds is 2. The van der Waals surface area contributed by atoms with E-state index in [0.717, 1.165) is 12.4 Å². The van der Waals surface area contributed by atoms with Crippen molar-refractivity contribution in [3.05, 3.63) is 41.9 Å². The van der Waals surface area contributed by atoms with Crippen LogP contribution in [0.2, 0.25) is 0 Å². The van der Waals surface area contributed by atoms with Gasteiger partial charge < -0.3 is 10.5 Å². The molecular weight excluding hydrogens is 228 g/mol. The summed E-state index contributed by atoms with van der Waals surface area (Å²) in [5, 5.41) is 0. The third kappa shape index (κ3) is 2.30. The molecule has 6 heteroatoms. The Morgan fingerprint density at radius 2 is 2.00 bits per heavy atom. The average molecular weight is 237 g/mol. The highest BCUT2D eigenvalue weighted by Crippen LogP contribution is 2.26. The van der Waals surface area contributed by atoms with Crippen LogP contribution < -0.4 is 10.5 Å². The van der Waals surface area contributed by atoms with Crippen LogP contribution in [0.25, 0.3) is 0 Å². The number of nitrogens with zero attached hydrogens (tertiary/aromatic N) is 2. The molecule has 4 nitrogen and oxygen atoms in total. The van der Waals surface area contributed by atoms with Crippen molar-refractivity contribution in [1.29, 1.82) is 0 Å². The summed E-state index contributed by atoms with van der Waals surface area (Å²) >= 11 is 0. The minimum absolute atomic E-state index is 0.130. The van der Waals surface area contributed by atoms with Gasteiger partial charge in [0.25, 0.3) is 5.88 Å². The number of halogens is 2. The molecule has 1 aromatic heterocycles. The number of anilines is 1. The molecule has 0 saturated carbocycles. The minimum atomic E-state index is -0.719. The number of hydrogen-bond acceptors (Lipinski definition) is 4. The predicted octanol–water partition coefficient (Wildman–Crippen LogP) is 2.44. The summed E-state index contributed by atoms with van der Waals surface area (Å²) in [5.74, 6) is -1.86. The lowest BCUT2D eigenvalue weighted by Crippen LogP contribution is -1.98. The number of ether oxygens (including phenoxy) is 1. The third-order valence-electron chi connectivity index (χ3n) is 2.09. The molecule has 17 heavy (non-hydrogen) atoms. The summed E-state index contributed by atoms with van der Waals surface area (Å²) in [6.45, 7) is 1.46. The molecule has 0 amide bonds. The largest absolute Gasteiger partial charge is 0.433 e. The van der Waals surface area contributed by atoms with Gasteiger partial charge in [-0.15, -0.1) is 0 Å². The number of hydrogen-bond donors (Lipinski definition) is 1. The fraction of sp³-hybridized carbons (Fsp3) is 0.0909. The van der Waals surface area contributed by atoms with Crippen molar-refractivity contribution in [1.82, 2.24) is 9.97 Å². The summed E-state index contributed by atoms with van der Waals surface area (Å²) in [4.78, 5) is 7.23. The van der Waals surface area contributed by atoms with Gasteiger partial charge in [-0.2, -0.15) is 9.37 Å². The molecule has 0 fully saturated rings. The van der Waals surface area contributed by atoms with Crippen LogP contribution in [-0.2, 0) is 0 Å². The second-order valence-corrected chi connectivity index (χ2v) is 3.37. The van der Waals surface area contributed by atoms with Gasteiger partial charge in [0.2, 0.25) is 5.82 Å². The maximum atomic E-state index is 13.5. The summed E-state index contributed by atoms with van der Waals surface area (Å²) in [7, 11) is 0. The van der Waals surface area contributed by atoms with E-state index in [2.05, 4.69) is 9.97 Å². The standard InChI is InChI=1S/C11H9F2N3O/c1-6-10(13)11(16-5-15-6)17-9-3-2-7(14)4-8(9)12/h2-5H,14H2,1H3. The van der Waals surface area contributed by atoms with Crippen molar-refractivity contribution < 1.29 is 13.5 Å². The summed E-state index contributed by atoms with van der Waals surface area (Å²) in [6, 6.07) is 3.84. The number of nitrogens with two attached hydrogens (primary N) is 1. The molecule has 0 radical (unpaired) electrons. The van der Waals surface area contributed by atoms with E-state index < -0.39 is 11.6 Å². The number of nitrogen functional groups attached to an aromatic ring is 1. The lowest BCUT2D eigenvalue weighted by Gasteiger charge is -2.07. The van der Waals surface area contributed by atoms with Crippen LogP contribution in [0.15, 0.2) is 24.5 Å². The molecule has 0 aliphatic carbocycles. The molecule has 0 saturated heterocycles. The second-order valence-electron chi connectivity index (χ2n) is 3.37. The van der Waals surface area contributed by atoms with Gasteiger partial charge >= 0.3 is 0 Å². The quantitative estimate of drug-likeness (QED) is 0.815. The third-order valence-corrected chi connectivity index (χ3v) is 2.09. The molecule has 2 aromatic rings. The molecular formula is C11H9F2N3O. The topological polar surface area (TPSA) is 61.0 Å². The van der Waals surface area contributed by atoms with Gasteiger partial charge in [0, 0.05) is 11.8 Å². The number of benzene rings is 1. The van der Waals surface area contributed by atoms with Gasteiger partial charge in [0.15, 0.2) is 11.6 Å². The molecule has 0 aliphatic heterocycles. The van der Waals surface area contributed by atoms with Crippen molar-refractivity contribution in [3.63, 3.8) is 0 Å². The Kier molecular flexibility index (Phi) is 2.86. The van der Waals surface area contributed by atoms with Gasteiger partial charge in [0.05, 0.1) is 5.69 Å². The Labute approximate surface area is 96.1 Å². The summed E-state index contributed by atoms with van der Waals surface area (Å²) in [5.41, 5.74) is 5.77. The van der Waals surface area contributed by atoms with Gasteiger partial charge in [-0.3, -0.25) is 0 Å². The van der Waals surface area contributed by atoms with Gasteiger partial charge in [-0.1, -0.05) is 0 Å². The maximum Gasteiger partial charge on any atom is 0.259 e. The number of aromatic nitrogens is 2. The zero-order chi connectivity index (χ0) is 12.4. The van der Waals surface area contributed by atoms with Crippen molar-refractivity contribution in [2.75, 3.05) is 5.73 Å². The Hall–Kier alpha value is -2.24. The van der Waals surface area contributed by atoms with E-state index in [1.807, 2.05) is 0 Å². The van der Waals surface area contributed by atoms with Crippen molar-refractivity contribution in [2.24, 2.45) is 0 Å². The first-order valence-corrected chi connectivity index (χ1v) is 4.78. The molecule has 0 unspecified atom stereocenters. The molecule has 2 N–H and O–H groups in total. The van der Waals surface area contributed by atoms with Crippen LogP contribution in [0.3, 0.4) is 0 Å². The second kappa shape index (κ2) is 4.32. The lowest BCUT2D eigenvalue weighted by atomic mass is 10.3. The van der Waals surface area contributed by atoms with E-state index in [1.165, 1.54) is 19.1 Å². The first-order valence-electron chi connectivity index (χ1n) is 4.78. The van der Waals surface area contributed by atoms with Crippen LogP contribution in [0.5, 0.6) is 11.6 Å². The zero-order valence-electron chi connectivity index (χ0n) is 8.95. The first-order chi connectivity index (χ1) is 8.08. The average Bonchev–Trinajstić information content (AvgIpc) is 2.28. The normalized spacial score (nSPS) is 10.3. The Morgan fingerprint density at radius 3 is 2.71 bits per heavy atom. The molecule has 2 rings (SSSR count). The van der Waals surface area contributed by atoms with Crippen LogP contribution in [0.1, 0.15) is 5.69 Å². The fourth-order valence-corrected chi connectivity index (χ4v) is 1.21. The van der Waals surface area contributed by atoms with Crippen LogP contribution in [0, 0.1) is 18.6 Å². The van der Waals surface area contributed by atoms with Crippen LogP contribution in [0.4, 0.5) is 14.5 Å². The van der Waals surface area contributed by atoms with Gasteiger partial charge in [-0.05, 0) is 19.1 Å². The van der Waals surface area contributed by atoms with Crippen LogP contribution in [-0.4, -0.2) is 9.97 Å². The van der Waals surface area contributed by atoms with Gasteiger partial charge in [0.1, 0.15) is 6.33 Å². The molecule has 1 heterocycles. The molecule has 1 aromatic carbocycles. The molecule has 0 spiro atoms. The Balaban J connectivity index is 2.35. The van der Waals surface area contributed by atoms with E-state index in [-0.39, 0.29) is 23.0 Å². The van der Waals surface area contributed by atoms with Crippen molar-refractivity contribution >= 4 is 5.69 Å². The molecule has 0 bridgehead atoms. The lowest BCUT2D eigenvalue weighted by molar-refractivity contribution is 0.394. The highest BCUT2D eigenvalue weighted by molar-refractivity contribution is 5.43. The fourth-order valence-electron chi connectivity index (χ4n) is 1.21. The van der Waals surface area contributed by atoms with Crippen molar-refractivity contribution in [3.8, 4) is 11.6 Å². The van der Waals surface area contributed by atoms with Crippen molar-refractivity contribution in [2.45, 2.75) is 6.92 Å². The summed E-state index contributed by atoms with van der Waals surface area (Å²) in [6.07, 6.45) is 1.14. The van der Waals surface area contributed by atoms with Crippen LogP contribution >= 0.6 is 0 Å². The smallest absolute Gasteiger partial charge is 0.259 e. The zero-order valence-corrected chi connectivity index (χ0v) is 8.95. The maximum absolute atomic E-state index is 13.5. The monoisotopic (exact) mass is 237 g/mol. The molecule has 88 valence electrons. The SMILES string of the molecule is Cc1ncnc(Oc2ccc(N)cc2F)c1F. The Bertz CT molecular complexity index is 560. The molecule has 0 atom stereocenters. The first kappa shape index (κ1) is 11.3. The minimum Gasteiger partial charge on any atom is -0.433 e. The predicted molar refractivity (Wildman–Crippen MR) is 57.6 cm³/mol. The van der Waals surface area contributed by atoms with E-state index in [1.54, 1.807) is 0 Å². The highest BCUT2D eigenvalue weighted by Gasteiger charge is 2.12. The van der Waals surface area contributed by atoms with E-state index in [0.29, 0.717) is 0 Å². The summed E-state index contributed by atoms with van der Waals surface area (Å²) < 4.78 is 31.9.